The van der Waals surface area contributed by atoms with Gasteiger partial charge in [-0.3, -0.25) is 4.79 Å². The normalized spacial score (nSPS) is 22.8. The molecule has 3 atom stereocenters. The van der Waals surface area contributed by atoms with Crippen molar-refractivity contribution in [2.75, 3.05) is 0 Å². The number of thioether (sulfide) groups is 1. The lowest BCUT2D eigenvalue weighted by molar-refractivity contribution is -0.121. The van der Waals surface area contributed by atoms with Crippen LogP contribution in [0.1, 0.15) is 52.9 Å². The summed E-state index contributed by atoms with van der Waals surface area (Å²) in [5.41, 5.74) is 0. The molecule has 0 spiro atoms. The SMILES string of the molecule is CC(SC(C)C(C)O)C(=O)NC1CCCCC1. The van der Waals surface area contributed by atoms with Crippen LogP contribution in [0.4, 0.5) is 0 Å². The molecule has 2 N–H and O–H groups in total. The van der Waals surface area contributed by atoms with E-state index in [0.29, 0.717) is 6.04 Å². The van der Waals surface area contributed by atoms with E-state index in [2.05, 4.69) is 5.32 Å². The van der Waals surface area contributed by atoms with Crippen molar-refractivity contribution in [3.05, 3.63) is 0 Å². The molecule has 0 aromatic rings. The van der Waals surface area contributed by atoms with Crippen LogP contribution in [0.5, 0.6) is 0 Å². The van der Waals surface area contributed by atoms with Gasteiger partial charge in [-0.2, -0.15) is 0 Å². The van der Waals surface area contributed by atoms with Crippen LogP contribution in [-0.2, 0) is 4.79 Å². The van der Waals surface area contributed by atoms with Crippen LogP contribution >= 0.6 is 11.8 Å². The number of aliphatic hydroxyl groups excluding tert-OH is 1. The predicted octanol–water partition coefficient (Wildman–Crippen LogP) is 2.33. The molecule has 1 saturated carbocycles. The Hall–Kier alpha value is -0.220. The minimum Gasteiger partial charge on any atom is -0.392 e. The van der Waals surface area contributed by atoms with Gasteiger partial charge in [-0.25, -0.2) is 0 Å². The van der Waals surface area contributed by atoms with Crippen molar-refractivity contribution >= 4 is 17.7 Å². The summed E-state index contributed by atoms with van der Waals surface area (Å²) in [6.07, 6.45) is 5.64. The maximum atomic E-state index is 12.0. The van der Waals surface area contributed by atoms with E-state index >= 15 is 0 Å². The lowest BCUT2D eigenvalue weighted by Gasteiger charge is -2.25. The van der Waals surface area contributed by atoms with Crippen molar-refractivity contribution in [3.8, 4) is 0 Å². The van der Waals surface area contributed by atoms with Crippen LogP contribution in [0.2, 0.25) is 0 Å². The third-order valence-corrected chi connectivity index (χ3v) is 4.86. The fourth-order valence-electron chi connectivity index (χ4n) is 2.06. The smallest absolute Gasteiger partial charge is 0.233 e. The molecule has 0 radical (unpaired) electrons. The molecule has 0 aromatic heterocycles. The van der Waals surface area contributed by atoms with Gasteiger partial charge >= 0.3 is 0 Å². The maximum absolute atomic E-state index is 12.0. The van der Waals surface area contributed by atoms with Crippen molar-refractivity contribution < 1.29 is 9.90 Å². The Morgan fingerprint density at radius 2 is 1.82 bits per heavy atom. The lowest BCUT2D eigenvalue weighted by atomic mass is 9.95. The van der Waals surface area contributed by atoms with Gasteiger partial charge in [0.15, 0.2) is 0 Å². The molecular weight excluding hydrogens is 234 g/mol. The van der Waals surface area contributed by atoms with E-state index in [1.54, 1.807) is 18.7 Å². The molecule has 100 valence electrons. The van der Waals surface area contributed by atoms with E-state index in [1.165, 1.54) is 19.3 Å². The van der Waals surface area contributed by atoms with Gasteiger partial charge in [-0.15, -0.1) is 11.8 Å². The van der Waals surface area contributed by atoms with Gasteiger partial charge in [0.2, 0.25) is 5.91 Å². The molecule has 1 fully saturated rings. The average Bonchev–Trinajstić information content (AvgIpc) is 2.29. The van der Waals surface area contributed by atoms with E-state index in [-0.39, 0.29) is 22.5 Å². The molecule has 1 amide bonds. The number of carbonyl (C=O) groups excluding carboxylic acids is 1. The zero-order chi connectivity index (χ0) is 12.8. The molecular formula is C13H25NO2S. The molecule has 0 bridgehead atoms. The minimum atomic E-state index is -0.370. The number of carbonyl (C=O) groups is 1. The highest BCUT2D eigenvalue weighted by Crippen LogP contribution is 2.22. The fourth-order valence-corrected chi connectivity index (χ4v) is 3.13. The van der Waals surface area contributed by atoms with E-state index in [4.69, 9.17) is 0 Å². The molecule has 17 heavy (non-hydrogen) atoms. The molecule has 0 saturated heterocycles. The van der Waals surface area contributed by atoms with Crippen LogP contribution in [0.15, 0.2) is 0 Å². The molecule has 4 heteroatoms. The highest BCUT2D eigenvalue weighted by atomic mass is 32.2. The molecule has 1 aliphatic carbocycles. The van der Waals surface area contributed by atoms with Crippen molar-refractivity contribution in [3.63, 3.8) is 0 Å². The van der Waals surface area contributed by atoms with Crippen LogP contribution in [0, 0.1) is 0 Å². The van der Waals surface area contributed by atoms with Gasteiger partial charge in [0.05, 0.1) is 11.4 Å². The molecule has 1 rings (SSSR count). The lowest BCUT2D eigenvalue weighted by Crippen LogP contribution is -2.41. The average molecular weight is 259 g/mol. The van der Waals surface area contributed by atoms with E-state index < -0.39 is 0 Å². The highest BCUT2D eigenvalue weighted by Gasteiger charge is 2.22. The Balaban J connectivity index is 2.30. The van der Waals surface area contributed by atoms with Crippen molar-refractivity contribution in [1.82, 2.24) is 5.32 Å². The van der Waals surface area contributed by atoms with Crippen LogP contribution in [0.3, 0.4) is 0 Å². The third-order valence-electron chi connectivity index (χ3n) is 3.42. The number of nitrogens with one attached hydrogen (secondary N) is 1. The Kier molecular flexibility index (Phi) is 6.34. The first-order valence-electron chi connectivity index (χ1n) is 6.64. The van der Waals surface area contributed by atoms with Gasteiger partial charge in [-0.1, -0.05) is 26.2 Å². The summed E-state index contributed by atoms with van der Waals surface area (Å²) in [7, 11) is 0. The maximum Gasteiger partial charge on any atom is 0.233 e. The van der Waals surface area contributed by atoms with Crippen LogP contribution < -0.4 is 5.32 Å². The summed E-state index contributed by atoms with van der Waals surface area (Å²) >= 11 is 1.54. The monoisotopic (exact) mass is 259 g/mol. The van der Waals surface area contributed by atoms with Gasteiger partial charge in [0, 0.05) is 11.3 Å². The van der Waals surface area contributed by atoms with Crippen LogP contribution in [-0.4, -0.2) is 33.7 Å². The summed E-state index contributed by atoms with van der Waals surface area (Å²) < 4.78 is 0. The number of amides is 1. The van der Waals surface area contributed by atoms with E-state index in [9.17, 15) is 9.90 Å². The number of rotatable bonds is 5. The van der Waals surface area contributed by atoms with Crippen molar-refractivity contribution in [1.29, 1.82) is 0 Å². The first-order valence-corrected chi connectivity index (χ1v) is 7.59. The fraction of sp³-hybridized carbons (Fsp3) is 0.923. The number of hydrogen-bond donors (Lipinski definition) is 2. The first kappa shape index (κ1) is 14.8. The zero-order valence-electron chi connectivity index (χ0n) is 11.1. The molecule has 0 aromatic carbocycles. The summed E-state index contributed by atoms with van der Waals surface area (Å²) in [6, 6.07) is 0.376. The predicted molar refractivity (Wildman–Crippen MR) is 73.2 cm³/mol. The second-order valence-electron chi connectivity index (χ2n) is 5.07. The van der Waals surface area contributed by atoms with E-state index in [1.807, 2.05) is 13.8 Å². The van der Waals surface area contributed by atoms with E-state index in [0.717, 1.165) is 12.8 Å². The second kappa shape index (κ2) is 7.27. The minimum absolute atomic E-state index is 0.0819. The van der Waals surface area contributed by atoms with Gasteiger partial charge in [0.1, 0.15) is 0 Å². The molecule has 0 aliphatic heterocycles. The Morgan fingerprint density at radius 1 is 1.24 bits per heavy atom. The topological polar surface area (TPSA) is 49.3 Å². The highest BCUT2D eigenvalue weighted by molar-refractivity contribution is 8.01. The van der Waals surface area contributed by atoms with Gasteiger partial charge in [-0.05, 0) is 26.7 Å². The Morgan fingerprint density at radius 3 is 2.35 bits per heavy atom. The summed E-state index contributed by atoms with van der Waals surface area (Å²) in [6.45, 7) is 5.64. The van der Waals surface area contributed by atoms with Crippen molar-refractivity contribution in [2.45, 2.75) is 75.5 Å². The summed E-state index contributed by atoms with van der Waals surface area (Å²) in [5, 5.41) is 12.6. The Bertz CT molecular complexity index is 240. The van der Waals surface area contributed by atoms with Crippen molar-refractivity contribution in [2.24, 2.45) is 0 Å². The Labute approximate surface area is 109 Å². The number of aliphatic hydroxyl groups is 1. The molecule has 3 unspecified atom stereocenters. The summed E-state index contributed by atoms with van der Waals surface area (Å²) in [4.78, 5) is 12.0. The van der Waals surface area contributed by atoms with Gasteiger partial charge in [0.25, 0.3) is 0 Å². The standard InChI is InChI=1S/C13H25NO2S/c1-9(15)10(2)17-11(3)13(16)14-12-7-5-4-6-8-12/h9-12,15H,4-8H2,1-3H3,(H,14,16). The van der Waals surface area contributed by atoms with Crippen LogP contribution in [0.25, 0.3) is 0 Å². The van der Waals surface area contributed by atoms with Gasteiger partial charge < -0.3 is 10.4 Å². The quantitative estimate of drug-likeness (QED) is 0.796. The summed E-state index contributed by atoms with van der Waals surface area (Å²) in [5.74, 6) is 0.120. The molecule has 0 heterocycles. The molecule has 1 aliphatic rings. The third kappa shape index (κ3) is 5.30. The first-order chi connectivity index (χ1) is 8.00. The number of hydrogen-bond acceptors (Lipinski definition) is 3. The largest absolute Gasteiger partial charge is 0.392 e. The second-order valence-corrected chi connectivity index (χ2v) is 6.79. The molecule has 3 nitrogen and oxygen atoms in total. The zero-order valence-corrected chi connectivity index (χ0v) is 11.9.